The number of nitrogens with one attached hydrogen (secondary N) is 2. The third-order valence-electron chi connectivity index (χ3n) is 2.65. The minimum Gasteiger partial charge on any atom is -0.305 e. The van der Waals surface area contributed by atoms with E-state index in [1.54, 1.807) is 12.1 Å². The van der Waals surface area contributed by atoms with E-state index in [0.717, 1.165) is 10.9 Å². The summed E-state index contributed by atoms with van der Waals surface area (Å²) in [4.78, 5) is 16.1. The van der Waals surface area contributed by atoms with E-state index in [4.69, 9.17) is 11.6 Å². The second-order valence-electron chi connectivity index (χ2n) is 3.93. The van der Waals surface area contributed by atoms with Gasteiger partial charge in [0.05, 0.1) is 10.5 Å². The molecule has 0 radical (unpaired) electrons. The first kappa shape index (κ1) is 11.7. The predicted octanol–water partition coefficient (Wildman–Crippen LogP) is 2.86. The number of nitrogens with zero attached hydrogens (tertiary/aromatic N) is 2. The zero-order chi connectivity index (χ0) is 13.2. The van der Waals surface area contributed by atoms with Crippen LogP contribution in [-0.4, -0.2) is 21.1 Å². The molecule has 1 aromatic carbocycles. The number of hydrogen-bond acceptors (Lipinski definition) is 3. The van der Waals surface area contributed by atoms with Gasteiger partial charge in [0, 0.05) is 11.6 Å². The summed E-state index contributed by atoms with van der Waals surface area (Å²) in [6, 6.07) is 10.7. The maximum Gasteiger partial charge on any atom is 0.277 e. The van der Waals surface area contributed by atoms with Crippen molar-refractivity contribution >= 4 is 34.2 Å². The van der Waals surface area contributed by atoms with Crippen LogP contribution in [-0.2, 0) is 0 Å². The third-order valence-corrected chi connectivity index (χ3v) is 2.88. The van der Waals surface area contributed by atoms with E-state index in [0.29, 0.717) is 16.5 Å². The highest BCUT2D eigenvalue weighted by molar-refractivity contribution is 6.30. The summed E-state index contributed by atoms with van der Waals surface area (Å²) in [6.07, 6.45) is 1.47. The van der Waals surface area contributed by atoms with Crippen molar-refractivity contribution in [3.8, 4) is 0 Å². The van der Waals surface area contributed by atoms with Gasteiger partial charge in [0.15, 0.2) is 5.69 Å². The van der Waals surface area contributed by atoms with Gasteiger partial charge in [-0.1, -0.05) is 29.8 Å². The fourth-order valence-corrected chi connectivity index (χ4v) is 1.87. The highest BCUT2D eigenvalue weighted by Gasteiger charge is 2.14. The van der Waals surface area contributed by atoms with Crippen molar-refractivity contribution in [3.63, 3.8) is 0 Å². The highest BCUT2D eigenvalue weighted by Crippen LogP contribution is 2.16. The van der Waals surface area contributed by atoms with Crippen LogP contribution < -0.4 is 5.32 Å². The quantitative estimate of drug-likeness (QED) is 0.753. The van der Waals surface area contributed by atoms with Gasteiger partial charge in [0.25, 0.3) is 5.91 Å². The number of halogens is 1. The van der Waals surface area contributed by atoms with E-state index in [2.05, 4.69) is 20.5 Å². The van der Waals surface area contributed by atoms with Crippen LogP contribution in [0.2, 0.25) is 5.02 Å². The maximum absolute atomic E-state index is 12.1. The van der Waals surface area contributed by atoms with E-state index in [-0.39, 0.29) is 5.91 Å². The van der Waals surface area contributed by atoms with E-state index in [1.807, 2.05) is 24.3 Å². The summed E-state index contributed by atoms with van der Waals surface area (Å²) in [6.45, 7) is 0. The molecule has 3 aromatic rings. The van der Waals surface area contributed by atoms with Gasteiger partial charge in [0.2, 0.25) is 0 Å². The lowest BCUT2D eigenvalue weighted by Crippen LogP contribution is -2.13. The molecule has 2 aromatic heterocycles. The van der Waals surface area contributed by atoms with Gasteiger partial charge in [-0.15, -0.1) is 0 Å². The van der Waals surface area contributed by atoms with E-state index in [9.17, 15) is 4.79 Å². The molecule has 2 N–H and O–H groups in total. The van der Waals surface area contributed by atoms with Crippen LogP contribution >= 0.6 is 11.6 Å². The molecule has 0 fully saturated rings. The zero-order valence-corrected chi connectivity index (χ0v) is 10.5. The van der Waals surface area contributed by atoms with Gasteiger partial charge in [-0.05, 0) is 18.2 Å². The molecule has 3 rings (SSSR count). The van der Waals surface area contributed by atoms with Crippen LogP contribution in [0.25, 0.3) is 10.9 Å². The first-order valence-corrected chi connectivity index (χ1v) is 5.98. The molecule has 0 bridgehead atoms. The standard InChI is InChI=1S/C13H9ClN4O/c14-8-5-6-11(15-7-8)16-13(19)12-9-3-1-2-4-10(9)17-18-12/h1-7H,(H,17,18)(H,15,16,19). The third kappa shape index (κ3) is 2.28. The van der Waals surface area contributed by atoms with Crippen molar-refractivity contribution in [2.45, 2.75) is 0 Å². The molecule has 0 unspecified atom stereocenters. The number of carbonyl (C=O) groups is 1. The second kappa shape index (κ2) is 4.70. The van der Waals surface area contributed by atoms with Gasteiger partial charge in [-0.25, -0.2) is 4.98 Å². The van der Waals surface area contributed by atoms with Gasteiger partial charge in [-0.2, -0.15) is 5.10 Å². The molecule has 0 atom stereocenters. The van der Waals surface area contributed by atoms with Crippen molar-refractivity contribution in [1.82, 2.24) is 15.2 Å². The lowest BCUT2D eigenvalue weighted by Gasteiger charge is -2.02. The number of pyridine rings is 1. The van der Waals surface area contributed by atoms with Gasteiger partial charge in [0.1, 0.15) is 5.82 Å². The SMILES string of the molecule is O=C(Nc1ccc(Cl)cn1)c1n[nH]c2ccccc12. The molecule has 19 heavy (non-hydrogen) atoms. The molecular weight excluding hydrogens is 264 g/mol. The Morgan fingerprint density at radius 2 is 2.05 bits per heavy atom. The Morgan fingerprint density at radius 3 is 2.84 bits per heavy atom. The number of carbonyl (C=O) groups excluding carboxylic acids is 1. The number of anilines is 1. The van der Waals surface area contributed by atoms with E-state index >= 15 is 0 Å². The Labute approximate surface area is 113 Å². The molecule has 0 spiro atoms. The summed E-state index contributed by atoms with van der Waals surface area (Å²) in [7, 11) is 0. The van der Waals surface area contributed by atoms with Crippen LogP contribution in [0.4, 0.5) is 5.82 Å². The van der Waals surface area contributed by atoms with Crippen LogP contribution in [0.15, 0.2) is 42.6 Å². The summed E-state index contributed by atoms with van der Waals surface area (Å²) in [5.74, 6) is 0.119. The van der Waals surface area contributed by atoms with E-state index in [1.165, 1.54) is 6.20 Å². The zero-order valence-electron chi connectivity index (χ0n) is 9.72. The fraction of sp³-hybridized carbons (Fsp3) is 0. The molecule has 1 amide bonds. The Morgan fingerprint density at radius 1 is 1.21 bits per heavy atom. The molecule has 94 valence electrons. The number of rotatable bonds is 2. The van der Waals surface area contributed by atoms with Gasteiger partial charge < -0.3 is 5.32 Å². The number of aromatic nitrogens is 3. The topological polar surface area (TPSA) is 70.7 Å². The van der Waals surface area contributed by atoms with Crippen LogP contribution in [0.1, 0.15) is 10.5 Å². The fourth-order valence-electron chi connectivity index (χ4n) is 1.76. The lowest BCUT2D eigenvalue weighted by atomic mass is 10.2. The lowest BCUT2D eigenvalue weighted by molar-refractivity contribution is 0.102. The highest BCUT2D eigenvalue weighted by atomic mass is 35.5. The number of hydrogen-bond donors (Lipinski definition) is 2. The Hall–Kier alpha value is -2.40. The van der Waals surface area contributed by atoms with Gasteiger partial charge in [-0.3, -0.25) is 9.89 Å². The van der Waals surface area contributed by atoms with Crippen LogP contribution in [0.3, 0.4) is 0 Å². The predicted molar refractivity (Wildman–Crippen MR) is 73.3 cm³/mol. The first-order chi connectivity index (χ1) is 9.24. The van der Waals surface area contributed by atoms with Crippen LogP contribution in [0.5, 0.6) is 0 Å². The molecule has 2 heterocycles. The minimum absolute atomic E-state index is 0.313. The summed E-state index contributed by atoms with van der Waals surface area (Å²) < 4.78 is 0. The van der Waals surface area contributed by atoms with Crippen molar-refractivity contribution in [2.24, 2.45) is 0 Å². The van der Waals surface area contributed by atoms with E-state index < -0.39 is 0 Å². The number of fused-ring (bicyclic) bond motifs is 1. The number of benzene rings is 1. The molecule has 0 aliphatic carbocycles. The number of H-pyrrole nitrogens is 1. The van der Waals surface area contributed by atoms with Crippen molar-refractivity contribution in [1.29, 1.82) is 0 Å². The molecule has 0 aliphatic heterocycles. The number of aromatic amines is 1. The van der Waals surface area contributed by atoms with Crippen LogP contribution in [0, 0.1) is 0 Å². The smallest absolute Gasteiger partial charge is 0.277 e. The monoisotopic (exact) mass is 272 g/mol. The maximum atomic E-state index is 12.1. The molecular formula is C13H9ClN4O. The summed E-state index contributed by atoms with van der Waals surface area (Å²) >= 11 is 5.73. The van der Waals surface area contributed by atoms with Crippen molar-refractivity contribution in [2.75, 3.05) is 5.32 Å². The Balaban J connectivity index is 1.90. The molecule has 6 heteroatoms. The van der Waals surface area contributed by atoms with Gasteiger partial charge >= 0.3 is 0 Å². The summed E-state index contributed by atoms with van der Waals surface area (Å²) in [5.41, 5.74) is 1.16. The Bertz CT molecular complexity index is 736. The molecule has 0 saturated heterocycles. The largest absolute Gasteiger partial charge is 0.305 e. The van der Waals surface area contributed by atoms with Crippen molar-refractivity contribution < 1.29 is 4.79 Å². The van der Waals surface area contributed by atoms with Crippen molar-refractivity contribution in [3.05, 3.63) is 53.3 Å². The molecule has 0 aliphatic rings. The number of para-hydroxylation sites is 1. The summed E-state index contributed by atoms with van der Waals surface area (Å²) in [5, 5.41) is 10.8. The Kier molecular flexibility index (Phi) is 2.89. The first-order valence-electron chi connectivity index (χ1n) is 5.60. The normalized spacial score (nSPS) is 10.6. The molecule has 5 nitrogen and oxygen atoms in total. The minimum atomic E-state index is -0.313. The number of amides is 1. The molecule has 0 saturated carbocycles. The average molecular weight is 273 g/mol. The average Bonchev–Trinajstić information content (AvgIpc) is 2.85. The second-order valence-corrected chi connectivity index (χ2v) is 4.37.